The van der Waals surface area contributed by atoms with Gasteiger partial charge in [-0.2, -0.15) is 0 Å². The minimum Gasteiger partial charge on any atom is -0.339 e. The molecule has 1 aromatic carbocycles. The van der Waals surface area contributed by atoms with Gasteiger partial charge in [-0.05, 0) is 36.3 Å². The van der Waals surface area contributed by atoms with Crippen molar-refractivity contribution >= 4 is 75.3 Å². The Balaban J connectivity index is 2.75. The highest BCUT2D eigenvalue weighted by Gasteiger charge is 2.34. The Hall–Kier alpha value is -1.28. The van der Waals surface area contributed by atoms with Crippen molar-refractivity contribution in [3.63, 3.8) is 0 Å². The first-order chi connectivity index (χ1) is 12.0. The molecule has 0 aromatic heterocycles. The molecular formula is C16H21Cl3N4O2S. The topological polar surface area (TPSA) is 82.3 Å². The lowest BCUT2D eigenvalue weighted by molar-refractivity contribution is -0.122. The van der Waals surface area contributed by atoms with Crippen LogP contribution in [-0.4, -0.2) is 26.9 Å². The molecule has 0 bridgehead atoms. The number of carbonyl (C=O) groups excluding carboxylic acids is 2. The molecule has 0 aliphatic heterocycles. The van der Waals surface area contributed by atoms with E-state index in [2.05, 4.69) is 21.3 Å². The van der Waals surface area contributed by atoms with Crippen molar-refractivity contribution < 1.29 is 9.59 Å². The number of hydrogen-bond acceptors (Lipinski definition) is 3. The van der Waals surface area contributed by atoms with Crippen LogP contribution in [0.1, 0.15) is 27.2 Å². The fraction of sp³-hybridized carbons (Fsp3) is 0.438. The number of carbonyl (C=O) groups is 2. The van der Waals surface area contributed by atoms with E-state index in [4.69, 9.17) is 47.0 Å². The number of amides is 2. The van der Waals surface area contributed by atoms with Crippen molar-refractivity contribution in [1.82, 2.24) is 10.6 Å². The second-order valence-electron chi connectivity index (χ2n) is 6.00. The number of nitrogens with one attached hydrogen (secondary N) is 4. The largest absolute Gasteiger partial charge is 0.339 e. The Labute approximate surface area is 173 Å². The molecule has 0 saturated carbocycles. The molecule has 0 aliphatic rings. The molecule has 26 heavy (non-hydrogen) atoms. The number of hydrogen-bond donors (Lipinski definition) is 4. The van der Waals surface area contributed by atoms with Crippen LogP contribution in [0.4, 0.5) is 11.4 Å². The van der Waals surface area contributed by atoms with E-state index < -0.39 is 9.96 Å². The molecule has 2 amide bonds. The summed E-state index contributed by atoms with van der Waals surface area (Å²) in [5.41, 5.74) is 1.22. The minimum atomic E-state index is -1.81. The lowest BCUT2D eigenvalue weighted by atomic mass is 10.1. The van der Waals surface area contributed by atoms with E-state index in [9.17, 15) is 9.59 Å². The maximum atomic E-state index is 12.0. The van der Waals surface area contributed by atoms with E-state index in [0.29, 0.717) is 11.4 Å². The van der Waals surface area contributed by atoms with Crippen LogP contribution >= 0.6 is 47.0 Å². The predicted octanol–water partition coefficient (Wildman–Crippen LogP) is 3.79. The number of alkyl halides is 3. The summed E-state index contributed by atoms with van der Waals surface area (Å²) in [6.07, 6.45) is -0.727. The van der Waals surface area contributed by atoms with E-state index in [1.54, 1.807) is 24.3 Å². The average Bonchev–Trinajstić information content (AvgIpc) is 2.44. The van der Waals surface area contributed by atoms with Gasteiger partial charge in [0.2, 0.25) is 15.6 Å². The number of anilines is 2. The quantitative estimate of drug-likeness (QED) is 0.308. The molecule has 0 fully saturated rings. The summed E-state index contributed by atoms with van der Waals surface area (Å²) >= 11 is 23.0. The van der Waals surface area contributed by atoms with E-state index in [0.717, 1.165) is 0 Å². The molecule has 0 unspecified atom stereocenters. The number of rotatable bonds is 6. The van der Waals surface area contributed by atoms with Gasteiger partial charge in [-0.1, -0.05) is 54.7 Å². The van der Waals surface area contributed by atoms with Crippen LogP contribution in [0.3, 0.4) is 0 Å². The van der Waals surface area contributed by atoms with Gasteiger partial charge in [-0.3, -0.25) is 9.59 Å². The van der Waals surface area contributed by atoms with E-state index >= 15 is 0 Å². The standard InChI is InChI=1S/C16H21Cl3N4O2S/c1-9(2)7-13(25)22-14(16(17,18)19)23-15(26)21-12-6-4-5-11(8-12)20-10(3)24/h4-6,8-9,14H,7H2,1-3H3,(H,20,24)(H,22,25)(H2,21,23,26)/t14-/m1/s1. The average molecular weight is 440 g/mol. The first kappa shape index (κ1) is 22.8. The number of halogens is 3. The first-order valence-electron chi connectivity index (χ1n) is 7.78. The summed E-state index contributed by atoms with van der Waals surface area (Å²) in [6, 6.07) is 6.92. The highest BCUT2D eigenvalue weighted by atomic mass is 35.6. The zero-order valence-electron chi connectivity index (χ0n) is 14.5. The van der Waals surface area contributed by atoms with Gasteiger partial charge in [-0.15, -0.1) is 0 Å². The van der Waals surface area contributed by atoms with Crippen molar-refractivity contribution in [2.45, 2.75) is 37.2 Å². The monoisotopic (exact) mass is 438 g/mol. The Bertz CT molecular complexity index is 665. The summed E-state index contributed by atoms with van der Waals surface area (Å²) < 4.78 is -1.81. The maximum absolute atomic E-state index is 12.0. The molecule has 1 rings (SSSR count). The van der Waals surface area contributed by atoms with Gasteiger partial charge in [0.05, 0.1) is 0 Å². The lowest BCUT2D eigenvalue weighted by Gasteiger charge is -2.28. The second-order valence-corrected chi connectivity index (χ2v) is 8.78. The van der Waals surface area contributed by atoms with Gasteiger partial charge >= 0.3 is 0 Å². The fourth-order valence-electron chi connectivity index (χ4n) is 1.97. The molecular weight excluding hydrogens is 419 g/mol. The molecule has 10 heteroatoms. The molecule has 0 aliphatic carbocycles. The Morgan fingerprint density at radius 2 is 1.69 bits per heavy atom. The van der Waals surface area contributed by atoms with Crippen molar-refractivity contribution in [2.75, 3.05) is 10.6 Å². The molecule has 144 valence electrons. The molecule has 0 radical (unpaired) electrons. The van der Waals surface area contributed by atoms with Crippen LogP contribution in [0.2, 0.25) is 0 Å². The second kappa shape index (κ2) is 10.2. The third-order valence-corrected chi connectivity index (χ3v) is 3.82. The zero-order valence-corrected chi connectivity index (χ0v) is 17.6. The third-order valence-electron chi connectivity index (χ3n) is 2.94. The van der Waals surface area contributed by atoms with E-state index in [-0.39, 0.29) is 29.3 Å². The third kappa shape index (κ3) is 8.89. The highest BCUT2D eigenvalue weighted by Crippen LogP contribution is 2.29. The number of benzene rings is 1. The molecule has 0 heterocycles. The normalized spacial score (nSPS) is 12.3. The lowest BCUT2D eigenvalue weighted by Crippen LogP contribution is -2.56. The summed E-state index contributed by atoms with van der Waals surface area (Å²) in [4.78, 5) is 23.1. The van der Waals surface area contributed by atoms with E-state index in [1.807, 2.05) is 13.8 Å². The minimum absolute atomic E-state index is 0.145. The molecule has 0 spiro atoms. The van der Waals surface area contributed by atoms with Crippen LogP contribution in [0, 0.1) is 5.92 Å². The van der Waals surface area contributed by atoms with Gasteiger partial charge in [0.15, 0.2) is 5.11 Å². The van der Waals surface area contributed by atoms with Crippen LogP contribution in [0.15, 0.2) is 24.3 Å². The number of thiocarbonyl (C=S) groups is 1. The molecule has 4 N–H and O–H groups in total. The summed E-state index contributed by atoms with van der Waals surface area (Å²) in [7, 11) is 0. The van der Waals surface area contributed by atoms with Crippen LogP contribution in [0.25, 0.3) is 0 Å². The van der Waals surface area contributed by atoms with Crippen LogP contribution in [0.5, 0.6) is 0 Å². The fourth-order valence-corrected chi connectivity index (χ4v) is 2.53. The van der Waals surface area contributed by atoms with E-state index in [1.165, 1.54) is 6.92 Å². The maximum Gasteiger partial charge on any atom is 0.228 e. The van der Waals surface area contributed by atoms with Crippen molar-refractivity contribution in [3.8, 4) is 0 Å². The van der Waals surface area contributed by atoms with Gasteiger partial charge < -0.3 is 21.3 Å². The molecule has 6 nitrogen and oxygen atoms in total. The SMILES string of the molecule is CC(=O)Nc1cccc(NC(=S)N[C@@H](NC(=O)CC(C)C)C(Cl)(Cl)Cl)c1. The molecule has 0 saturated heterocycles. The summed E-state index contributed by atoms with van der Waals surface area (Å²) in [5, 5.41) is 11.1. The first-order valence-corrected chi connectivity index (χ1v) is 9.33. The molecule has 1 aromatic rings. The van der Waals surface area contributed by atoms with Crippen LogP contribution < -0.4 is 21.3 Å². The summed E-state index contributed by atoms with van der Waals surface area (Å²) in [6.45, 7) is 5.23. The summed E-state index contributed by atoms with van der Waals surface area (Å²) in [5.74, 6) is -0.293. The van der Waals surface area contributed by atoms with Crippen molar-refractivity contribution in [2.24, 2.45) is 5.92 Å². The Kier molecular flexibility index (Phi) is 8.89. The predicted molar refractivity (Wildman–Crippen MR) is 112 cm³/mol. The van der Waals surface area contributed by atoms with Crippen molar-refractivity contribution in [1.29, 1.82) is 0 Å². The Morgan fingerprint density at radius 1 is 1.12 bits per heavy atom. The van der Waals surface area contributed by atoms with Gasteiger partial charge in [0.25, 0.3) is 0 Å². The Morgan fingerprint density at radius 3 is 2.19 bits per heavy atom. The van der Waals surface area contributed by atoms with Gasteiger partial charge in [0, 0.05) is 24.7 Å². The molecule has 1 atom stereocenters. The van der Waals surface area contributed by atoms with Gasteiger partial charge in [-0.25, -0.2) is 0 Å². The van der Waals surface area contributed by atoms with Crippen LogP contribution in [-0.2, 0) is 9.59 Å². The smallest absolute Gasteiger partial charge is 0.228 e. The van der Waals surface area contributed by atoms with Crippen molar-refractivity contribution in [3.05, 3.63) is 24.3 Å². The van der Waals surface area contributed by atoms with Gasteiger partial charge in [0.1, 0.15) is 6.17 Å². The zero-order chi connectivity index (χ0) is 19.9. The highest BCUT2D eigenvalue weighted by molar-refractivity contribution is 7.80.